The van der Waals surface area contributed by atoms with E-state index in [1.54, 1.807) is 24.3 Å². The predicted molar refractivity (Wildman–Crippen MR) is 105 cm³/mol. The summed E-state index contributed by atoms with van der Waals surface area (Å²) >= 11 is 1.28. The molecule has 1 fully saturated rings. The van der Waals surface area contributed by atoms with Gasteiger partial charge in [0.2, 0.25) is 5.89 Å². The molecule has 152 valence electrons. The van der Waals surface area contributed by atoms with E-state index in [1.807, 2.05) is 0 Å². The van der Waals surface area contributed by atoms with Gasteiger partial charge in [-0.3, -0.25) is 0 Å². The molecule has 1 aromatic heterocycles. The summed E-state index contributed by atoms with van der Waals surface area (Å²) < 4.78 is 55.7. The molecule has 29 heavy (non-hydrogen) atoms. The molecule has 0 radical (unpaired) electrons. The van der Waals surface area contributed by atoms with Gasteiger partial charge in [0.25, 0.3) is 5.22 Å². The highest BCUT2D eigenvalue weighted by molar-refractivity contribution is 7.99. The lowest BCUT2D eigenvalue weighted by Crippen LogP contribution is -2.07. The van der Waals surface area contributed by atoms with Crippen LogP contribution in [-0.4, -0.2) is 30.1 Å². The predicted octanol–water partition coefficient (Wildman–Crippen LogP) is 4.21. The lowest BCUT2D eigenvalue weighted by atomic mass is 10.0. The number of halogens is 2. The van der Waals surface area contributed by atoms with E-state index in [9.17, 15) is 17.2 Å². The number of rotatable bonds is 6. The Bertz CT molecular complexity index is 1040. The zero-order valence-electron chi connectivity index (χ0n) is 15.3. The van der Waals surface area contributed by atoms with E-state index in [2.05, 4.69) is 10.2 Å². The van der Waals surface area contributed by atoms with Crippen molar-refractivity contribution in [1.82, 2.24) is 10.2 Å². The lowest BCUT2D eigenvalue weighted by molar-refractivity contribution is 0.389. The van der Waals surface area contributed by atoms with Crippen LogP contribution in [-0.2, 0) is 16.3 Å². The van der Waals surface area contributed by atoms with Crippen LogP contribution in [0.3, 0.4) is 0 Å². The van der Waals surface area contributed by atoms with Gasteiger partial charge in [0.05, 0.1) is 16.8 Å². The Labute approximate surface area is 171 Å². The van der Waals surface area contributed by atoms with Crippen LogP contribution < -0.4 is 0 Å². The molecule has 0 spiro atoms. The topological polar surface area (TPSA) is 73.1 Å². The molecule has 0 amide bonds. The number of nitrogens with zero attached hydrogens (tertiary/aromatic N) is 2. The molecule has 1 aliphatic heterocycles. The largest absolute Gasteiger partial charge is 0.416 e. The maximum absolute atomic E-state index is 13.3. The summed E-state index contributed by atoms with van der Waals surface area (Å²) in [5, 5.41) is 8.14. The normalized spacial score (nSPS) is 18.4. The average molecular weight is 437 g/mol. The maximum Gasteiger partial charge on any atom is 0.277 e. The van der Waals surface area contributed by atoms with Gasteiger partial charge in [-0.15, -0.1) is 10.2 Å². The Morgan fingerprint density at radius 1 is 1.00 bits per heavy atom. The second-order valence-electron chi connectivity index (χ2n) is 7.04. The third-order valence-electron chi connectivity index (χ3n) is 4.80. The van der Waals surface area contributed by atoms with E-state index in [0.717, 1.165) is 11.1 Å². The molecular weight excluding hydrogens is 418 g/mol. The van der Waals surface area contributed by atoms with E-state index < -0.39 is 9.84 Å². The van der Waals surface area contributed by atoms with Crippen LogP contribution in [0.25, 0.3) is 0 Å². The monoisotopic (exact) mass is 436 g/mol. The third kappa shape index (κ3) is 5.02. The van der Waals surface area contributed by atoms with Crippen LogP contribution in [0, 0.1) is 17.6 Å². The molecule has 1 atom stereocenters. The van der Waals surface area contributed by atoms with Crippen LogP contribution in [0.1, 0.15) is 28.7 Å². The van der Waals surface area contributed by atoms with Gasteiger partial charge in [-0.1, -0.05) is 36.0 Å². The van der Waals surface area contributed by atoms with Crippen molar-refractivity contribution in [3.05, 3.63) is 77.2 Å². The molecule has 0 saturated carbocycles. The first-order chi connectivity index (χ1) is 13.9. The second-order valence-corrected chi connectivity index (χ2v) is 10.3. The number of benzene rings is 2. The summed E-state index contributed by atoms with van der Waals surface area (Å²) in [6.07, 6.45) is 1.02. The van der Waals surface area contributed by atoms with Crippen LogP contribution >= 0.6 is 11.8 Å². The number of thioether (sulfide) groups is 1. The Morgan fingerprint density at radius 2 is 1.59 bits per heavy atom. The fourth-order valence-electron chi connectivity index (χ4n) is 3.35. The zero-order chi connectivity index (χ0) is 20.4. The summed E-state index contributed by atoms with van der Waals surface area (Å²) in [7, 11) is -2.96. The molecule has 4 rings (SSSR count). The molecule has 3 aromatic rings. The molecule has 2 aromatic carbocycles. The molecule has 0 aliphatic carbocycles. The SMILES string of the molecule is O=S1(=O)CCC(Cc2nnc(SC(c3ccc(F)cc3)c3ccc(F)cc3)o2)C1. The van der Waals surface area contributed by atoms with E-state index in [-0.39, 0.29) is 34.3 Å². The van der Waals surface area contributed by atoms with Gasteiger partial charge in [0.15, 0.2) is 9.84 Å². The van der Waals surface area contributed by atoms with Crippen molar-refractivity contribution < 1.29 is 21.6 Å². The van der Waals surface area contributed by atoms with Crippen LogP contribution in [0.15, 0.2) is 58.2 Å². The fraction of sp³-hybridized carbons (Fsp3) is 0.300. The molecule has 1 unspecified atom stereocenters. The maximum atomic E-state index is 13.3. The van der Waals surface area contributed by atoms with Gasteiger partial charge in [-0.25, -0.2) is 17.2 Å². The van der Waals surface area contributed by atoms with Gasteiger partial charge >= 0.3 is 0 Å². The van der Waals surface area contributed by atoms with Crippen molar-refractivity contribution in [2.75, 3.05) is 11.5 Å². The molecule has 1 aliphatic rings. The first kappa shape index (κ1) is 20.0. The smallest absolute Gasteiger partial charge is 0.277 e. The van der Waals surface area contributed by atoms with Crippen molar-refractivity contribution in [3.8, 4) is 0 Å². The van der Waals surface area contributed by atoms with Crippen molar-refractivity contribution in [2.45, 2.75) is 23.3 Å². The van der Waals surface area contributed by atoms with Crippen molar-refractivity contribution >= 4 is 21.6 Å². The Balaban J connectivity index is 1.54. The molecule has 2 heterocycles. The van der Waals surface area contributed by atoms with Crippen molar-refractivity contribution in [1.29, 1.82) is 0 Å². The van der Waals surface area contributed by atoms with Crippen molar-refractivity contribution in [3.63, 3.8) is 0 Å². The van der Waals surface area contributed by atoms with E-state index in [0.29, 0.717) is 24.0 Å². The molecule has 9 heteroatoms. The fourth-order valence-corrected chi connectivity index (χ4v) is 6.23. The molecule has 5 nitrogen and oxygen atoms in total. The van der Waals surface area contributed by atoms with Gasteiger partial charge in [-0.2, -0.15) is 0 Å². The standard InChI is InChI=1S/C20H18F2N2O3S2/c21-16-5-1-14(2-6-16)19(15-3-7-17(22)8-4-15)28-20-24-23-18(27-20)11-13-9-10-29(25,26)12-13/h1-8,13,19H,9-12H2. The molecule has 1 saturated heterocycles. The highest BCUT2D eigenvalue weighted by atomic mass is 32.2. The number of aromatic nitrogens is 2. The van der Waals surface area contributed by atoms with Crippen LogP contribution in [0.4, 0.5) is 8.78 Å². The summed E-state index contributed by atoms with van der Waals surface area (Å²) in [6.45, 7) is 0. The Kier molecular flexibility index (Phi) is 5.69. The Morgan fingerprint density at radius 3 is 2.10 bits per heavy atom. The summed E-state index contributed by atoms with van der Waals surface area (Å²) in [5.41, 5.74) is 1.62. The first-order valence-electron chi connectivity index (χ1n) is 9.08. The van der Waals surface area contributed by atoms with Gasteiger partial charge < -0.3 is 4.42 Å². The highest BCUT2D eigenvalue weighted by Gasteiger charge is 2.29. The number of sulfone groups is 1. The molecule has 0 N–H and O–H groups in total. The van der Waals surface area contributed by atoms with E-state index in [1.165, 1.54) is 36.0 Å². The lowest BCUT2D eigenvalue weighted by Gasteiger charge is -2.15. The van der Waals surface area contributed by atoms with Gasteiger partial charge in [0.1, 0.15) is 11.6 Å². The van der Waals surface area contributed by atoms with Crippen LogP contribution in [0.5, 0.6) is 0 Å². The minimum absolute atomic E-state index is 0.0108. The number of hydrogen-bond acceptors (Lipinski definition) is 6. The van der Waals surface area contributed by atoms with Gasteiger partial charge in [0, 0.05) is 6.42 Å². The van der Waals surface area contributed by atoms with Crippen LogP contribution in [0.2, 0.25) is 0 Å². The second kappa shape index (κ2) is 8.23. The summed E-state index contributed by atoms with van der Waals surface area (Å²) in [6, 6.07) is 12.1. The average Bonchev–Trinajstić information content (AvgIpc) is 3.27. The minimum atomic E-state index is -2.96. The van der Waals surface area contributed by atoms with E-state index in [4.69, 9.17) is 4.42 Å². The molecule has 0 bridgehead atoms. The quantitative estimate of drug-likeness (QED) is 0.539. The summed E-state index contributed by atoms with van der Waals surface area (Å²) in [5.74, 6) is 0.0391. The number of hydrogen-bond donors (Lipinski definition) is 0. The summed E-state index contributed by atoms with van der Waals surface area (Å²) in [4.78, 5) is 0. The van der Waals surface area contributed by atoms with Crippen molar-refractivity contribution in [2.24, 2.45) is 5.92 Å². The first-order valence-corrected chi connectivity index (χ1v) is 11.8. The minimum Gasteiger partial charge on any atom is -0.416 e. The Hall–Kier alpha value is -2.26. The zero-order valence-corrected chi connectivity index (χ0v) is 16.9. The van der Waals surface area contributed by atoms with Gasteiger partial charge in [-0.05, 0) is 47.7 Å². The van der Waals surface area contributed by atoms with E-state index >= 15 is 0 Å². The highest BCUT2D eigenvalue weighted by Crippen LogP contribution is 2.40. The third-order valence-corrected chi connectivity index (χ3v) is 7.79. The molecular formula is C20H18F2N2O3S2.